The lowest BCUT2D eigenvalue weighted by Gasteiger charge is -2.23. The number of nitrogens with zero attached hydrogens (tertiary/aromatic N) is 2. The minimum absolute atomic E-state index is 0.0703. The highest BCUT2D eigenvalue weighted by atomic mass is 32.2. The summed E-state index contributed by atoms with van der Waals surface area (Å²) >= 11 is 1.78. The van der Waals surface area contributed by atoms with Crippen LogP contribution in [0.25, 0.3) is 0 Å². The molecule has 92 valence electrons. The van der Waals surface area contributed by atoms with E-state index in [2.05, 4.69) is 25.9 Å². The summed E-state index contributed by atoms with van der Waals surface area (Å²) in [5.74, 6) is 0.499. The van der Waals surface area contributed by atoms with Gasteiger partial charge in [0.25, 0.3) is 5.56 Å². The summed E-state index contributed by atoms with van der Waals surface area (Å²) in [6.07, 6.45) is 4.24. The van der Waals surface area contributed by atoms with Crippen LogP contribution in [0.3, 0.4) is 0 Å². The van der Waals surface area contributed by atoms with Gasteiger partial charge in [0.2, 0.25) is 0 Å². The Morgan fingerprint density at radius 1 is 1.47 bits per heavy atom. The molecule has 1 aliphatic carbocycles. The van der Waals surface area contributed by atoms with Crippen LogP contribution in [-0.2, 0) is 7.05 Å². The molecule has 4 heteroatoms. The van der Waals surface area contributed by atoms with Gasteiger partial charge in [-0.1, -0.05) is 13.8 Å². The number of hydrogen-bond donors (Lipinski definition) is 0. The van der Waals surface area contributed by atoms with Gasteiger partial charge < -0.3 is 0 Å². The van der Waals surface area contributed by atoms with Crippen LogP contribution < -0.4 is 5.56 Å². The van der Waals surface area contributed by atoms with Crippen LogP contribution in [-0.4, -0.2) is 14.5 Å². The van der Waals surface area contributed by atoms with E-state index in [1.165, 1.54) is 23.1 Å². The molecule has 3 rings (SSSR count). The first kappa shape index (κ1) is 11.3. The standard InChI is InChI=1S/C13H18N2OS/c1-12(2)5-9-8-6-14-15(4)11(16)10(8)17-13(9,3)7-12/h6,9H,5,7H2,1-4H3. The van der Waals surface area contributed by atoms with Crippen LogP contribution >= 0.6 is 11.8 Å². The van der Waals surface area contributed by atoms with Gasteiger partial charge in [0.05, 0.1) is 11.1 Å². The predicted octanol–water partition coefficient (Wildman–Crippen LogP) is 2.55. The van der Waals surface area contributed by atoms with Crippen LogP contribution in [0.5, 0.6) is 0 Å². The summed E-state index contributed by atoms with van der Waals surface area (Å²) < 4.78 is 1.64. The Kier molecular flexibility index (Phi) is 2.11. The molecule has 0 spiro atoms. The Balaban J connectivity index is 2.15. The maximum atomic E-state index is 12.1. The summed E-state index contributed by atoms with van der Waals surface area (Å²) in [5, 5.41) is 4.18. The summed E-state index contributed by atoms with van der Waals surface area (Å²) in [5.41, 5.74) is 1.64. The minimum Gasteiger partial charge on any atom is -0.267 e. The minimum atomic E-state index is 0.0703. The third-order valence-electron chi connectivity index (χ3n) is 4.15. The van der Waals surface area contributed by atoms with Crippen molar-refractivity contribution in [2.75, 3.05) is 0 Å². The molecular formula is C13H18N2OS. The van der Waals surface area contributed by atoms with Crippen LogP contribution in [0.15, 0.2) is 15.9 Å². The van der Waals surface area contributed by atoms with Crippen molar-refractivity contribution in [3.63, 3.8) is 0 Å². The van der Waals surface area contributed by atoms with E-state index in [0.717, 1.165) is 4.90 Å². The molecule has 0 aromatic carbocycles. The normalized spacial score (nSPS) is 33.5. The van der Waals surface area contributed by atoms with Gasteiger partial charge in [-0.15, -0.1) is 11.8 Å². The van der Waals surface area contributed by atoms with E-state index in [9.17, 15) is 4.79 Å². The van der Waals surface area contributed by atoms with Crippen molar-refractivity contribution in [3.05, 3.63) is 22.1 Å². The second-order valence-electron chi connectivity index (χ2n) is 6.37. The van der Waals surface area contributed by atoms with Crippen molar-refractivity contribution in [2.24, 2.45) is 12.5 Å². The van der Waals surface area contributed by atoms with Crippen LogP contribution in [0, 0.1) is 5.41 Å². The summed E-state index contributed by atoms with van der Waals surface area (Å²) in [6.45, 7) is 6.95. The van der Waals surface area contributed by atoms with Crippen LogP contribution in [0.1, 0.15) is 45.1 Å². The number of rotatable bonds is 0. The van der Waals surface area contributed by atoms with E-state index in [-0.39, 0.29) is 10.3 Å². The van der Waals surface area contributed by atoms with Gasteiger partial charge in [-0.2, -0.15) is 5.10 Å². The molecule has 0 N–H and O–H groups in total. The molecule has 3 nitrogen and oxygen atoms in total. The van der Waals surface area contributed by atoms with Gasteiger partial charge >= 0.3 is 0 Å². The third-order valence-corrected chi connectivity index (χ3v) is 5.66. The highest BCUT2D eigenvalue weighted by Gasteiger charge is 2.54. The molecule has 2 aliphatic rings. The second kappa shape index (κ2) is 3.16. The zero-order valence-corrected chi connectivity index (χ0v) is 11.6. The average molecular weight is 250 g/mol. The molecule has 0 bridgehead atoms. The lowest BCUT2D eigenvalue weighted by molar-refractivity contribution is 0.369. The molecule has 1 aliphatic heterocycles. The summed E-state index contributed by atoms with van der Waals surface area (Å²) in [7, 11) is 1.73. The SMILES string of the molecule is Cn1ncc2c(c1=O)SC1(C)CC(C)(C)CC21. The Morgan fingerprint density at radius 2 is 2.18 bits per heavy atom. The second-order valence-corrected chi connectivity index (χ2v) is 7.92. The fourth-order valence-corrected chi connectivity index (χ4v) is 5.39. The van der Waals surface area contributed by atoms with E-state index in [1.807, 2.05) is 6.20 Å². The molecule has 2 unspecified atom stereocenters. The first-order chi connectivity index (χ1) is 7.82. The van der Waals surface area contributed by atoms with Crippen molar-refractivity contribution in [3.8, 4) is 0 Å². The largest absolute Gasteiger partial charge is 0.280 e. The van der Waals surface area contributed by atoms with Crippen LogP contribution in [0.2, 0.25) is 0 Å². The van der Waals surface area contributed by atoms with Gasteiger partial charge in [-0.05, 0) is 30.7 Å². The fraction of sp³-hybridized carbons (Fsp3) is 0.692. The number of aromatic nitrogens is 2. The summed E-state index contributed by atoms with van der Waals surface area (Å²) in [4.78, 5) is 13.0. The first-order valence-electron chi connectivity index (χ1n) is 6.08. The quantitative estimate of drug-likeness (QED) is 0.710. The van der Waals surface area contributed by atoms with Crippen molar-refractivity contribution in [1.82, 2.24) is 9.78 Å². The van der Waals surface area contributed by atoms with Gasteiger partial charge in [-0.3, -0.25) is 4.79 Å². The van der Waals surface area contributed by atoms with Crippen LogP contribution in [0.4, 0.5) is 0 Å². The van der Waals surface area contributed by atoms with Gasteiger partial charge in [-0.25, -0.2) is 4.68 Å². The Labute approximate surface area is 106 Å². The average Bonchev–Trinajstić information content (AvgIpc) is 2.58. The molecule has 2 atom stereocenters. The maximum Gasteiger partial charge on any atom is 0.280 e. The lowest BCUT2D eigenvalue weighted by Crippen LogP contribution is -2.21. The number of hydrogen-bond acceptors (Lipinski definition) is 3. The monoisotopic (exact) mass is 250 g/mol. The number of fused-ring (bicyclic) bond motifs is 3. The van der Waals surface area contributed by atoms with Crippen molar-refractivity contribution in [2.45, 2.75) is 49.2 Å². The third kappa shape index (κ3) is 1.49. The highest BCUT2D eigenvalue weighted by molar-refractivity contribution is 8.01. The fourth-order valence-electron chi connectivity index (χ4n) is 3.57. The van der Waals surface area contributed by atoms with Gasteiger partial charge in [0.15, 0.2) is 0 Å². The zero-order chi connectivity index (χ0) is 12.4. The number of thioether (sulfide) groups is 1. The molecule has 17 heavy (non-hydrogen) atoms. The smallest absolute Gasteiger partial charge is 0.267 e. The van der Waals surface area contributed by atoms with Crippen molar-refractivity contribution >= 4 is 11.8 Å². The van der Waals surface area contributed by atoms with Gasteiger partial charge in [0.1, 0.15) is 0 Å². The summed E-state index contributed by atoms with van der Waals surface area (Å²) in [6, 6.07) is 0. The number of aryl methyl sites for hydroxylation is 1. The maximum absolute atomic E-state index is 12.1. The first-order valence-corrected chi connectivity index (χ1v) is 6.89. The molecular weight excluding hydrogens is 232 g/mol. The highest BCUT2D eigenvalue weighted by Crippen LogP contribution is 2.64. The van der Waals surface area contributed by atoms with E-state index in [0.29, 0.717) is 11.3 Å². The molecule has 2 heterocycles. The van der Waals surface area contributed by atoms with Crippen molar-refractivity contribution < 1.29 is 0 Å². The molecule has 1 saturated carbocycles. The Bertz CT molecular complexity index is 549. The zero-order valence-electron chi connectivity index (χ0n) is 10.8. The van der Waals surface area contributed by atoms with E-state index >= 15 is 0 Å². The van der Waals surface area contributed by atoms with E-state index < -0.39 is 0 Å². The lowest BCUT2D eigenvalue weighted by atomic mass is 9.89. The molecule has 1 aromatic rings. The van der Waals surface area contributed by atoms with Crippen molar-refractivity contribution in [1.29, 1.82) is 0 Å². The predicted molar refractivity (Wildman–Crippen MR) is 69.5 cm³/mol. The molecule has 1 aromatic heterocycles. The Morgan fingerprint density at radius 3 is 2.88 bits per heavy atom. The molecule has 0 radical (unpaired) electrons. The molecule has 1 fully saturated rings. The Hall–Kier alpha value is -0.770. The molecule has 0 amide bonds. The van der Waals surface area contributed by atoms with Gasteiger partial charge in [0, 0.05) is 17.7 Å². The molecule has 0 saturated heterocycles. The topological polar surface area (TPSA) is 34.9 Å². The van der Waals surface area contributed by atoms with E-state index in [4.69, 9.17) is 0 Å². The van der Waals surface area contributed by atoms with E-state index in [1.54, 1.807) is 18.8 Å².